The third-order valence-corrected chi connectivity index (χ3v) is 5.86. The van der Waals surface area contributed by atoms with Gasteiger partial charge in [-0.05, 0) is 54.6 Å². The van der Waals surface area contributed by atoms with Crippen LogP contribution in [0.2, 0.25) is 0 Å². The summed E-state index contributed by atoms with van der Waals surface area (Å²) in [6, 6.07) is 7.68. The Balaban J connectivity index is 1.53. The highest BCUT2D eigenvalue weighted by molar-refractivity contribution is 5.80. The minimum atomic E-state index is -0.495. The fourth-order valence-electron chi connectivity index (χ4n) is 4.21. The number of carbonyl (C=O) groups excluding carboxylic acids is 1. The van der Waals surface area contributed by atoms with Crippen molar-refractivity contribution in [2.45, 2.75) is 13.0 Å². The zero-order valence-electron chi connectivity index (χ0n) is 18.3. The second-order valence-corrected chi connectivity index (χ2v) is 8.03. The number of pyridine rings is 1. The summed E-state index contributed by atoms with van der Waals surface area (Å²) < 4.78 is 5.47. The molecule has 4 heterocycles. The summed E-state index contributed by atoms with van der Waals surface area (Å²) in [5.41, 5.74) is 12.0. The van der Waals surface area contributed by atoms with Gasteiger partial charge in [0, 0.05) is 48.0 Å². The first-order valence-electron chi connectivity index (χ1n) is 10.8. The lowest BCUT2D eigenvalue weighted by Gasteiger charge is -2.30. The van der Waals surface area contributed by atoms with E-state index in [1.54, 1.807) is 18.6 Å². The molecule has 168 valence electrons. The second-order valence-electron chi connectivity index (χ2n) is 8.03. The topological polar surface area (TPSA) is 118 Å². The third kappa shape index (κ3) is 4.22. The second kappa shape index (κ2) is 8.87. The first kappa shape index (κ1) is 20.9. The minimum absolute atomic E-state index is 0.205. The van der Waals surface area contributed by atoms with E-state index in [9.17, 15) is 4.79 Å². The molecule has 0 bridgehead atoms. The fourth-order valence-corrected chi connectivity index (χ4v) is 4.21. The molecule has 0 saturated carbocycles. The van der Waals surface area contributed by atoms with Crippen LogP contribution in [-0.4, -0.2) is 47.5 Å². The molecule has 0 spiro atoms. The van der Waals surface area contributed by atoms with E-state index in [0.717, 1.165) is 60.5 Å². The van der Waals surface area contributed by atoms with Gasteiger partial charge in [-0.2, -0.15) is 0 Å². The monoisotopic (exact) mass is 443 g/mol. The van der Waals surface area contributed by atoms with Gasteiger partial charge in [-0.1, -0.05) is 0 Å². The molecule has 0 radical (unpaired) electrons. The Bertz CT molecular complexity index is 1200. The van der Waals surface area contributed by atoms with Gasteiger partial charge in [0.25, 0.3) is 0 Å². The highest BCUT2D eigenvalue weighted by Crippen LogP contribution is 2.34. The molecule has 1 saturated heterocycles. The summed E-state index contributed by atoms with van der Waals surface area (Å²) in [7, 11) is 0. The average Bonchev–Trinajstić information content (AvgIpc) is 2.84. The maximum Gasteiger partial charge on any atom is 0.219 e. The quantitative estimate of drug-likeness (QED) is 0.512. The summed E-state index contributed by atoms with van der Waals surface area (Å²) in [6.07, 6.45) is 7.87. The molecule has 1 fully saturated rings. The van der Waals surface area contributed by atoms with Crippen LogP contribution in [-0.2, 0) is 9.53 Å². The molecule has 2 aliphatic heterocycles. The summed E-state index contributed by atoms with van der Waals surface area (Å²) >= 11 is 0. The Morgan fingerprint density at radius 2 is 2.00 bits per heavy atom. The number of carbonyl (C=O) groups is 1. The number of benzene rings is 1. The van der Waals surface area contributed by atoms with Crippen molar-refractivity contribution >= 4 is 35.5 Å². The SMILES string of the molecule is Cc1cc(Nc2nc(-c3cnc(N)nc3)cc3c2C(C=O)NC=C3)ccc1N1CCOCC1. The van der Waals surface area contributed by atoms with E-state index in [1.165, 1.54) is 5.69 Å². The molecule has 1 atom stereocenters. The van der Waals surface area contributed by atoms with Gasteiger partial charge < -0.3 is 30.8 Å². The van der Waals surface area contributed by atoms with Crippen LogP contribution in [0.15, 0.2) is 42.9 Å². The molecular weight excluding hydrogens is 418 g/mol. The van der Waals surface area contributed by atoms with Gasteiger partial charge in [-0.3, -0.25) is 0 Å². The van der Waals surface area contributed by atoms with Gasteiger partial charge in [0.1, 0.15) is 18.1 Å². The number of anilines is 4. The lowest BCUT2D eigenvalue weighted by Crippen LogP contribution is -2.36. The molecule has 0 amide bonds. The van der Waals surface area contributed by atoms with Crippen molar-refractivity contribution in [3.05, 3.63) is 59.5 Å². The molecule has 3 aromatic rings. The van der Waals surface area contributed by atoms with E-state index in [-0.39, 0.29) is 5.95 Å². The minimum Gasteiger partial charge on any atom is -0.378 e. The standard InChI is InChI=1S/C24H25N7O2/c1-15-10-18(2-3-21(15)31-6-8-33-9-7-31)29-23-22-16(4-5-26-20(22)14-32)11-19(30-23)17-12-27-24(25)28-13-17/h2-5,10-14,20,26H,6-9H2,1H3,(H,29,30)(H2,25,27,28). The lowest BCUT2D eigenvalue weighted by atomic mass is 9.97. The van der Waals surface area contributed by atoms with Crippen molar-refractivity contribution in [2.24, 2.45) is 0 Å². The molecular formula is C24H25N7O2. The third-order valence-electron chi connectivity index (χ3n) is 5.86. The number of rotatable bonds is 5. The molecule has 33 heavy (non-hydrogen) atoms. The Kier molecular flexibility index (Phi) is 5.62. The van der Waals surface area contributed by atoms with Gasteiger partial charge in [0.2, 0.25) is 5.95 Å². The van der Waals surface area contributed by atoms with Crippen molar-refractivity contribution < 1.29 is 9.53 Å². The van der Waals surface area contributed by atoms with Gasteiger partial charge in [0.05, 0.1) is 18.9 Å². The average molecular weight is 444 g/mol. The Labute approximate surface area is 191 Å². The predicted octanol–water partition coefficient (Wildman–Crippen LogP) is 2.82. The van der Waals surface area contributed by atoms with Crippen molar-refractivity contribution in [1.29, 1.82) is 0 Å². The molecule has 1 aromatic carbocycles. The van der Waals surface area contributed by atoms with Crippen LogP contribution in [0.25, 0.3) is 17.3 Å². The van der Waals surface area contributed by atoms with Crippen LogP contribution in [0, 0.1) is 6.92 Å². The van der Waals surface area contributed by atoms with E-state index in [2.05, 4.69) is 44.6 Å². The summed E-state index contributed by atoms with van der Waals surface area (Å²) in [4.78, 5) is 27.1. The molecule has 2 aromatic heterocycles. The van der Waals surface area contributed by atoms with Crippen LogP contribution in [0.1, 0.15) is 22.7 Å². The Morgan fingerprint density at radius 3 is 2.73 bits per heavy atom. The van der Waals surface area contributed by atoms with Crippen LogP contribution in [0.5, 0.6) is 0 Å². The fraction of sp³-hybridized carbons (Fsp3) is 0.250. The van der Waals surface area contributed by atoms with Crippen LogP contribution >= 0.6 is 0 Å². The maximum atomic E-state index is 11.8. The summed E-state index contributed by atoms with van der Waals surface area (Å²) in [5.74, 6) is 0.808. The first-order chi connectivity index (χ1) is 16.1. The number of nitrogens with one attached hydrogen (secondary N) is 2. The highest BCUT2D eigenvalue weighted by atomic mass is 16.5. The number of morpholine rings is 1. The van der Waals surface area contributed by atoms with E-state index in [1.807, 2.05) is 18.2 Å². The van der Waals surface area contributed by atoms with Gasteiger partial charge in [-0.15, -0.1) is 0 Å². The van der Waals surface area contributed by atoms with E-state index in [4.69, 9.17) is 15.5 Å². The number of hydrogen-bond donors (Lipinski definition) is 3. The molecule has 2 aliphatic rings. The Morgan fingerprint density at radius 1 is 1.21 bits per heavy atom. The maximum absolute atomic E-state index is 11.8. The number of nitrogen functional groups attached to an aromatic ring is 1. The number of aldehydes is 1. The van der Waals surface area contributed by atoms with Gasteiger partial charge in [-0.25, -0.2) is 15.0 Å². The smallest absolute Gasteiger partial charge is 0.219 e. The predicted molar refractivity (Wildman–Crippen MR) is 128 cm³/mol. The van der Waals surface area contributed by atoms with Crippen LogP contribution < -0.4 is 21.3 Å². The van der Waals surface area contributed by atoms with Gasteiger partial charge in [0.15, 0.2) is 0 Å². The molecule has 5 rings (SSSR count). The number of aryl methyl sites for hydroxylation is 1. The van der Waals surface area contributed by atoms with E-state index >= 15 is 0 Å². The first-order valence-corrected chi connectivity index (χ1v) is 10.8. The zero-order valence-corrected chi connectivity index (χ0v) is 18.3. The van der Waals surface area contributed by atoms with Crippen LogP contribution in [0.4, 0.5) is 23.1 Å². The number of nitrogens with two attached hydrogens (primary N) is 1. The summed E-state index contributed by atoms with van der Waals surface area (Å²) in [5, 5.41) is 6.53. The number of nitrogens with zero attached hydrogens (tertiary/aromatic N) is 4. The Hall–Kier alpha value is -3.98. The summed E-state index contributed by atoms with van der Waals surface area (Å²) in [6.45, 7) is 5.34. The van der Waals surface area contributed by atoms with Crippen molar-refractivity contribution in [3.63, 3.8) is 0 Å². The largest absolute Gasteiger partial charge is 0.378 e. The molecule has 1 unspecified atom stereocenters. The lowest BCUT2D eigenvalue weighted by molar-refractivity contribution is -0.109. The van der Waals surface area contributed by atoms with E-state index < -0.39 is 6.04 Å². The van der Waals surface area contributed by atoms with Crippen molar-refractivity contribution in [2.75, 3.05) is 42.3 Å². The van der Waals surface area contributed by atoms with Crippen LogP contribution in [0.3, 0.4) is 0 Å². The number of aromatic nitrogens is 3. The molecule has 4 N–H and O–H groups in total. The number of hydrogen-bond acceptors (Lipinski definition) is 9. The van der Waals surface area contributed by atoms with Crippen molar-refractivity contribution in [3.8, 4) is 11.3 Å². The van der Waals surface area contributed by atoms with E-state index in [0.29, 0.717) is 11.5 Å². The van der Waals surface area contributed by atoms with Gasteiger partial charge >= 0.3 is 0 Å². The molecule has 0 aliphatic carbocycles. The number of fused-ring (bicyclic) bond motifs is 1. The van der Waals surface area contributed by atoms with Crippen molar-refractivity contribution in [1.82, 2.24) is 20.3 Å². The normalized spacial score (nSPS) is 17.2. The zero-order chi connectivity index (χ0) is 22.8. The number of ether oxygens (including phenoxy) is 1. The molecule has 9 heteroatoms. The molecule has 9 nitrogen and oxygen atoms in total. The highest BCUT2D eigenvalue weighted by Gasteiger charge is 2.23.